The van der Waals surface area contributed by atoms with Gasteiger partial charge in [-0.1, -0.05) is 6.92 Å². The summed E-state index contributed by atoms with van der Waals surface area (Å²) in [6.07, 6.45) is -2.86. The van der Waals surface area contributed by atoms with Gasteiger partial charge in [-0.05, 0) is 12.5 Å². The first-order valence-corrected chi connectivity index (χ1v) is 9.25. The number of aromatic carboxylic acids is 1. The minimum Gasteiger partial charge on any atom is -0.492 e. The zero-order valence-corrected chi connectivity index (χ0v) is 16.3. The van der Waals surface area contributed by atoms with Crippen LogP contribution in [0.5, 0.6) is 5.75 Å². The van der Waals surface area contributed by atoms with E-state index in [1.807, 2.05) is 6.92 Å². The lowest BCUT2D eigenvalue weighted by molar-refractivity contribution is -0.171. The zero-order chi connectivity index (χ0) is 22.4. The number of fused-ring (bicyclic) bond motifs is 1. The summed E-state index contributed by atoms with van der Waals surface area (Å²) < 4.78 is 61.6. The van der Waals surface area contributed by atoms with E-state index in [-0.39, 0.29) is 35.4 Å². The molecule has 0 amide bonds. The van der Waals surface area contributed by atoms with Crippen LogP contribution in [0.4, 0.5) is 23.2 Å². The van der Waals surface area contributed by atoms with Crippen molar-refractivity contribution in [2.45, 2.75) is 32.1 Å². The standard InChI is InChI=1S/C19H21F4N3O4/c1-3-4-25-6-10(18(28)29)16(27)9-5-12(20)15(17(30-2)14(9)25)26-7-11(13(24)8-26)19(21,22)23/h5-6,11,13H,3-4,7-8,24H2,1-2H3,(H,28,29)/t11-,13+/m1/s1. The van der Waals surface area contributed by atoms with Gasteiger partial charge in [0.2, 0.25) is 5.43 Å². The number of hydrogen-bond acceptors (Lipinski definition) is 5. The summed E-state index contributed by atoms with van der Waals surface area (Å²) in [5.41, 5.74) is 4.10. The van der Waals surface area contributed by atoms with Crippen LogP contribution in [0.3, 0.4) is 0 Å². The summed E-state index contributed by atoms with van der Waals surface area (Å²) >= 11 is 0. The fraction of sp³-hybridized carbons (Fsp3) is 0.474. The molecule has 0 unspecified atom stereocenters. The van der Waals surface area contributed by atoms with Crippen molar-refractivity contribution in [3.05, 3.63) is 33.9 Å². The van der Waals surface area contributed by atoms with Gasteiger partial charge in [-0.25, -0.2) is 9.18 Å². The van der Waals surface area contributed by atoms with Gasteiger partial charge in [-0.2, -0.15) is 13.2 Å². The van der Waals surface area contributed by atoms with Crippen molar-refractivity contribution < 1.29 is 32.2 Å². The summed E-state index contributed by atoms with van der Waals surface area (Å²) in [5.74, 6) is -4.43. The van der Waals surface area contributed by atoms with E-state index in [2.05, 4.69) is 0 Å². The number of halogens is 4. The summed E-state index contributed by atoms with van der Waals surface area (Å²) in [7, 11) is 1.21. The number of hydrogen-bond donors (Lipinski definition) is 2. The minimum absolute atomic E-state index is 0.120. The van der Waals surface area contributed by atoms with Crippen LogP contribution in [-0.2, 0) is 6.54 Å². The molecule has 1 fully saturated rings. The molecule has 2 atom stereocenters. The number of benzene rings is 1. The van der Waals surface area contributed by atoms with Gasteiger partial charge in [0.25, 0.3) is 0 Å². The van der Waals surface area contributed by atoms with E-state index in [0.717, 1.165) is 17.2 Å². The molecule has 2 aromatic rings. The number of anilines is 1. The first kappa shape index (κ1) is 21.9. The molecule has 1 aliphatic heterocycles. The Balaban J connectivity index is 2.29. The highest BCUT2D eigenvalue weighted by atomic mass is 19.4. The molecule has 0 spiro atoms. The van der Waals surface area contributed by atoms with Crippen LogP contribution in [0.15, 0.2) is 17.1 Å². The third kappa shape index (κ3) is 3.57. The number of nitrogens with zero attached hydrogens (tertiary/aromatic N) is 2. The quantitative estimate of drug-likeness (QED) is 0.707. The Morgan fingerprint density at radius 3 is 2.53 bits per heavy atom. The van der Waals surface area contributed by atoms with Crippen LogP contribution in [0, 0.1) is 11.7 Å². The number of aryl methyl sites for hydroxylation is 1. The van der Waals surface area contributed by atoms with Crippen molar-refractivity contribution >= 4 is 22.6 Å². The monoisotopic (exact) mass is 431 g/mol. The molecule has 7 nitrogen and oxygen atoms in total. The van der Waals surface area contributed by atoms with Crippen molar-refractivity contribution in [3.8, 4) is 5.75 Å². The van der Waals surface area contributed by atoms with Gasteiger partial charge in [0.1, 0.15) is 11.3 Å². The third-order valence-corrected chi connectivity index (χ3v) is 5.24. The van der Waals surface area contributed by atoms with Gasteiger partial charge < -0.3 is 25.0 Å². The minimum atomic E-state index is -4.55. The number of carboxylic acids is 1. The van der Waals surface area contributed by atoms with E-state index in [1.54, 1.807) is 0 Å². The average molecular weight is 431 g/mol. The Morgan fingerprint density at radius 1 is 1.37 bits per heavy atom. The van der Waals surface area contributed by atoms with Gasteiger partial charge in [0.05, 0.1) is 23.9 Å². The number of methoxy groups -OCH3 is 1. The van der Waals surface area contributed by atoms with Crippen molar-refractivity contribution in [1.29, 1.82) is 0 Å². The van der Waals surface area contributed by atoms with Crippen molar-refractivity contribution in [3.63, 3.8) is 0 Å². The highest BCUT2D eigenvalue weighted by Crippen LogP contribution is 2.42. The van der Waals surface area contributed by atoms with Crippen LogP contribution in [0.1, 0.15) is 23.7 Å². The first-order valence-electron chi connectivity index (χ1n) is 9.25. The van der Waals surface area contributed by atoms with Gasteiger partial charge in [-0.15, -0.1) is 0 Å². The molecule has 164 valence electrons. The van der Waals surface area contributed by atoms with Crippen LogP contribution in [0.25, 0.3) is 10.9 Å². The molecule has 1 aromatic carbocycles. The molecule has 0 saturated carbocycles. The maximum atomic E-state index is 15.1. The number of carbonyl (C=O) groups is 1. The third-order valence-electron chi connectivity index (χ3n) is 5.24. The average Bonchev–Trinajstić information content (AvgIpc) is 3.04. The lowest BCUT2D eigenvalue weighted by atomic mass is 10.0. The summed E-state index contributed by atoms with van der Waals surface area (Å²) in [6, 6.07) is -0.405. The predicted molar refractivity (Wildman–Crippen MR) is 102 cm³/mol. The lowest BCUT2D eigenvalue weighted by Gasteiger charge is -2.25. The Kier molecular flexibility index (Phi) is 5.68. The second-order valence-electron chi connectivity index (χ2n) is 7.22. The number of rotatable bonds is 5. The molecule has 11 heteroatoms. The van der Waals surface area contributed by atoms with E-state index in [9.17, 15) is 27.9 Å². The topological polar surface area (TPSA) is 97.8 Å². The number of ether oxygens (including phenoxy) is 1. The van der Waals surface area contributed by atoms with Gasteiger partial charge >= 0.3 is 12.1 Å². The lowest BCUT2D eigenvalue weighted by Crippen LogP contribution is -2.38. The summed E-state index contributed by atoms with van der Waals surface area (Å²) in [5, 5.41) is 9.08. The number of pyridine rings is 1. The molecule has 1 aliphatic rings. The second kappa shape index (κ2) is 7.78. The molecular weight excluding hydrogens is 410 g/mol. The summed E-state index contributed by atoms with van der Waals surface area (Å²) in [4.78, 5) is 25.2. The fourth-order valence-corrected chi connectivity index (χ4v) is 3.90. The molecule has 30 heavy (non-hydrogen) atoms. The van der Waals surface area contributed by atoms with E-state index >= 15 is 4.39 Å². The highest BCUT2D eigenvalue weighted by molar-refractivity contribution is 5.97. The van der Waals surface area contributed by atoms with Crippen molar-refractivity contribution in [2.75, 3.05) is 25.1 Å². The molecule has 3 rings (SSSR count). The zero-order valence-electron chi connectivity index (χ0n) is 16.3. The highest BCUT2D eigenvalue weighted by Gasteiger charge is 2.49. The smallest absolute Gasteiger partial charge is 0.395 e. The number of alkyl halides is 3. The number of nitrogens with two attached hydrogens (primary N) is 1. The number of aromatic nitrogens is 1. The largest absolute Gasteiger partial charge is 0.492 e. The molecule has 1 aromatic heterocycles. The summed E-state index contributed by atoms with van der Waals surface area (Å²) in [6.45, 7) is 1.28. The van der Waals surface area contributed by atoms with Gasteiger partial charge in [0.15, 0.2) is 11.6 Å². The fourth-order valence-electron chi connectivity index (χ4n) is 3.90. The van der Waals surface area contributed by atoms with Gasteiger partial charge in [0, 0.05) is 31.9 Å². The van der Waals surface area contributed by atoms with Crippen molar-refractivity contribution in [2.24, 2.45) is 11.7 Å². The SMILES string of the molecule is CCCn1cc(C(=O)O)c(=O)c2cc(F)c(N3C[C@@H](C(F)(F)F)[C@@H](N)C3)c(OC)c21. The number of carboxylic acid groups (broad SMARTS) is 1. The Labute approximate surface area is 168 Å². The van der Waals surface area contributed by atoms with Gasteiger partial charge in [-0.3, -0.25) is 4.79 Å². The molecule has 1 saturated heterocycles. The van der Waals surface area contributed by atoms with Crippen LogP contribution in [0.2, 0.25) is 0 Å². The predicted octanol–water partition coefficient (Wildman–Crippen LogP) is 2.58. The van der Waals surface area contributed by atoms with E-state index < -0.39 is 47.5 Å². The van der Waals surface area contributed by atoms with E-state index in [1.165, 1.54) is 11.7 Å². The maximum absolute atomic E-state index is 15.1. The van der Waals surface area contributed by atoms with E-state index in [0.29, 0.717) is 6.42 Å². The molecule has 3 N–H and O–H groups in total. The maximum Gasteiger partial charge on any atom is 0.395 e. The van der Waals surface area contributed by atoms with Crippen LogP contribution in [-0.4, -0.2) is 48.1 Å². The molecule has 0 radical (unpaired) electrons. The molecule has 0 bridgehead atoms. The van der Waals surface area contributed by atoms with Crippen LogP contribution < -0.4 is 20.8 Å². The second-order valence-corrected chi connectivity index (χ2v) is 7.22. The first-order chi connectivity index (χ1) is 14.0. The molecular formula is C19H21F4N3O4. The normalized spacial score (nSPS) is 19.5. The Hall–Kier alpha value is -2.82. The van der Waals surface area contributed by atoms with Crippen molar-refractivity contribution in [1.82, 2.24) is 4.57 Å². The van der Waals surface area contributed by atoms with E-state index in [4.69, 9.17) is 10.5 Å². The Morgan fingerprint density at radius 2 is 2.03 bits per heavy atom. The van der Waals surface area contributed by atoms with Crippen LogP contribution >= 0.6 is 0 Å². The molecule has 2 heterocycles. The Bertz CT molecular complexity index is 1050. The molecule has 0 aliphatic carbocycles.